The van der Waals surface area contributed by atoms with Gasteiger partial charge in [0, 0.05) is 31.5 Å². The number of hydrogen-bond acceptors (Lipinski definition) is 3. The lowest BCUT2D eigenvalue weighted by Gasteiger charge is -2.70. The van der Waals surface area contributed by atoms with Crippen molar-refractivity contribution >= 4 is 11.9 Å². The summed E-state index contributed by atoms with van der Waals surface area (Å²) >= 11 is 0. The Labute approximate surface area is 154 Å². The molecule has 3 amide bonds. The van der Waals surface area contributed by atoms with Crippen LogP contribution in [-0.4, -0.2) is 64.7 Å². The largest absolute Gasteiger partial charge is 0.394 e. The normalized spacial score (nSPS) is 26.2. The molecule has 2 aliphatic heterocycles. The van der Waals surface area contributed by atoms with Gasteiger partial charge in [-0.15, -0.1) is 0 Å². The second-order valence-corrected chi connectivity index (χ2v) is 7.81. The molecule has 0 bridgehead atoms. The number of rotatable bonds is 5. The number of aliphatic hydroxyl groups excluding tert-OH is 1. The molecule has 2 heterocycles. The second-order valence-electron chi connectivity index (χ2n) is 7.81. The van der Waals surface area contributed by atoms with Crippen LogP contribution in [0.4, 0.5) is 4.79 Å². The third kappa shape index (κ3) is 2.58. The Balaban J connectivity index is 1.58. The monoisotopic (exact) mass is 357 g/mol. The summed E-state index contributed by atoms with van der Waals surface area (Å²) < 4.78 is 0. The molecule has 1 aromatic carbocycles. The number of benzene rings is 1. The molecular weight excluding hydrogens is 330 g/mol. The number of carbonyl (C=O) groups is 2. The van der Waals surface area contributed by atoms with Gasteiger partial charge in [-0.05, 0) is 24.8 Å². The summed E-state index contributed by atoms with van der Waals surface area (Å²) in [5.74, 6) is 0.345. The van der Waals surface area contributed by atoms with E-state index in [9.17, 15) is 14.7 Å². The number of urea groups is 1. The zero-order valence-electron chi connectivity index (χ0n) is 15.2. The Hall–Kier alpha value is -2.08. The lowest BCUT2D eigenvalue weighted by Crippen LogP contribution is -2.86. The highest BCUT2D eigenvalue weighted by atomic mass is 16.3. The molecule has 1 aliphatic carbocycles. The van der Waals surface area contributed by atoms with Crippen LogP contribution >= 0.6 is 0 Å². The van der Waals surface area contributed by atoms with Gasteiger partial charge in [0.05, 0.1) is 18.2 Å². The lowest BCUT2D eigenvalue weighted by atomic mass is 9.60. The maximum absolute atomic E-state index is 12.9. The molecule has 140 valence electrons. The maximum atomic E-state index is 12.9. The molecule has 1 saturated carbocycles. The van der Waals surface area contributed by atoms with Gasteiger partial charge in [0.25, 0.3) is 0 Å². The van der Waals surface area contributed by atoms with E-state index in [1.54, 1.807) is 4.90 Å². The number of carbonyl (C=O) groups excluding carboxylic acids is 2. The van der Waals surface area contributed by atoms with Crippen LogP contribution in [0.2, 0.25) is 0 Å². The highest BCUT2D eigenvalue weighted by molar-refractivity contribution is 5.85. The van der Waals surface area contributed by atoms with Crippen molar-refractivity contribution in [2.24, 2.45) is 5.92 Å². The Morgan fingerprint density at radius 1 is 1.23 bits per heavy atom. The zero-order chi connectivity index (χ0) is 18.3. The summed E-state index contributed by atoms with van der Waals surface area (Å²) in [6.45, 7) is 3.72. The third-order valence-corrected chi connectivity index (χ3v) is 6.03. The zero-order valence-corrected chi connectivity index (χ0v) is 15.2. The SMILES string of the molecule is CCCNC(=O)N1CC2(C1)[C@H](c1ccccc1)[C@H](CO)N2C(=O)C1CC1. The third-order valence-electron chi connectivity index (χ3n) is 6.03. The van der Waals surface area contributed by atoms with Crippen molar-refractivity contribution < 1.29 is 14.7 Å². The Kier molecular flexibility index (Phi) is 4.39. The van der Waals surface area contributed by atoms with Crippen LogP contribution in [0.1, 0.15) is 37.7 Å². The minimum Gasteiger partial charge on any atom is -0.394 e. The Bertz CT molecular complexity index is 683. The predicted octanol–water partition coefficient (Wildman–Crippen LogP) is 1.56. The van der Waals surface area contributed by atoms with Crippen LogP contribution in [0.25, 0.3) is 0 Å². The highest BCUT2D eigenvalue weighted by Crippen LogP contribution is 2.55. The maximum Gasteiger partial charge on any atom is 0.317 e. The number of nitrogens with zero attached hydrogens (tertiary/aromatic N) is 2. The van der Waals surface area contributed by atoms with Crippen molar-refractivity contribution in [3.05, 3.63) is 35.9 Å². The van der Waals surface area contributed by atoms with Crippen LogP contribution in [0.15, 0.2) is 30.3 Å². The molecule has 2 saturated heterocycles. The fourth-order valence-electron chi connectivity index (χ4n) is 4.65. The highest BCUT2D eigenvalue weighted by Gasteiger charge is 2.68. The van der Waals surface area contributed by atoms with Gasteiger partial charge in [-0.1, -0.05) is 37.3 Å². The molecule has 3 fully saturated rings. The first-order valence-electron chi connectivity index (χ1n) is 9.64. The van der Waals surface area contributed by atoms with Crippen LogP contribution in [0, 0.1) is 5.92 Å². The number of likely N-dealkylation sites (tertiary alicyclic amines) is 2. The van der Waals surface area contributed by atoms with E-state index in [0.29, 0.717) is 19.6 Å². The minimum absolute atomic E-state index is 0.0399. The van der Waals surface area contributed by atoms with Gasteiger partial charge in [0.1, 0.15) is 0 Å². The van der Waals surface area contributed by atoms with Gasteiger partial charge >= 0.3 is 6.03 Å². The smallest absolute Gasteiger partial charge is 0.317 e. The number of nitrogens with one attached hydrogen (secondary N) is 1. The quantitative estimate of drug-likeness (QED) is 0.840. The van der Waals surface area contributed by atoms with Crippen LogP contribution in [0.3, 0.4) is 0 Å². The van der Waals surface area contributed by atoms with Gasteiger partial charge in [-0.2, -0.15) is 0 Å². The summed E-state index contributed by atoms with van der Waals surface area (Å²) in [5.41, 5.74) is 0.776. The molecule has 1 aromatic rings. The molecule has 26 heavy (non-hydrogen) atoms. The molecule has 3 aliphatic rings. The summed E-state index contributed by atoms with van der Waals surface area (Å²) in [4.78, 5) is 28.9. The van der Waals surface area contributed by atoms with Gasteiger partial charge in [-0.25, -0.2) is 4.79 Å². The topological polar surface area (TPSA) is 72.9 Å². The predicted molar refractivity (Wildman–Crippen MR) is 97.6 cm³/mol. The molecule has 6 heteroatoms. The lowest BCUT2D eigenvalue weighted by molar-refractivity contribution is -0.194. The van der Waals surface area contributed by atoms with Crippen LogP contribution in [0.5, 0.6) is 0 Å². The van der Waals surface area contributed by atoms with Gasteiger partial charge < -0.3 is 20.2 Å². The number of hydrogen-bond donors (Lipinski definition) is 2. The fourth-order valence-corrected chi connectivity index (χ4v) is 4.65. The summed E-state index contributed by atoms with van der Waals surface area (Å²) in [5, 5.41) is 12.9. The van der Waals surface area contributed by atoms with Crippen molar-refractivity contribution in [1.29, 1.82) is 0 Å². The molecule has 6 nitrogen and oxygen atoms in total. The Morgan fingerprint density at radius 3 is 2.50 bits per heavy atom. The molecule has 2 atom stereocenters. The molecular formula is C20H27N3O3. The Morgan fingerprint density at radius 2 is 1.92 bits per heavy atom. The number of amides is 3. The molecule has 0 radical (unpaired) electrons. The first-order chi connectivity index (χ1) is 12.6. The van der Waals surface area contributed by atoms with Crippen molar-refractivity contribution in [3.8, 4) is 0 Å². The van der Waals surface area contributed by atoms with E-state index in [-0.39, 0.29) is 42.0 Å². The van der Waals surface area contributed by atoms with E-state index in [1.807, 2.05) is 30.0 Å². The first kappa shape index (κ1) is 17.3. The standard InChI is InChI=1S/C20H27N3O3/c1-2-10-21-19(26)22-12-20(13-22)17(14-6-4-3-5-7-14)16(11-24)23(20)18(25)15-8-9-15/h3-7,15-17,24H,2,8-13H2,1H3,(H,21,26)/t16-,17+/m0/s1. The summed E-state index contributed by atoms with van der Waals surface area (Å²) in [6.07, 6.45) is 2.79. The van der Waals surface area contributed by atoms with Gasteiger partial charge in [0.15, 0.2) is 0 Å². The van der Waals surface area contributed by atoms with Crippen molar-refractivity contribution in [1.82, 2.24) is 15.1 Å². The molecule has 4 rings (SSSR count). The average Bonchev–Trinajstić information content (AvgIpc) is 3.44. The summed E-state index contributed by atoms with van der Waals surface area (Å²) in [7, 11) is 0. The van der Waals surface area contributed by atoms with E-state index < -0.39 is 0 Å². The van der Waals surface area contributed by atoms with E-state index >= 15 is 0 Å². The molecule has 1 spiro atoms. The van der Waals surface area contributed by atoms with Crippen molar-refractivity contribution in [3.63, 3.8) is 0 Å². The van der Waals surface area contributed by atoms with Crippen LogP contribution < -0.4 is 5.32 Å². The first-order valence-corrected chi connectivity index (χ1v) is 9.64. The molecule has 2 N–H and O–H groups in total. The fraction of sp³-hybridized carbons (Fsp3) is 0.600. The van der Waals surface area contributed by atoms with Gasteiger partial charge in [0.2, 0.25) is 5.91 Å². The van der Waals surface area contributed by atoms with Crippen molar-refractivity contribution in [2.45, 2.75) is 43.7 Å². The minimum atomic E-state index is -0.363. The van der Waals surface area contributed by atoms with E-state index in [2.05, 4.69) is 17.4 Å². The van der Waals surface area contributed by atoms with E-state index in [4.69, 9.17) is 0 Å². The average molecular weight is 357 g/mol. The van der Waals surface area contributed by atoms with Crippen LogP contribution in [-0.2, 0) is 4.79 Å². The van der Waals surface area contributed by atoms with E-state index in [0.717, 1.165) is 24.8 Å². The molecule has 0 aromatic heterocycles. The van der Waals surface area contributed by atoms with E-state index in [1.165, 1.54) is 0 Å². The van der Waals surface area contributed by atoms with Gasteiger partial charge in [-0.3, -0.25) is 4.79 Å². The van der Waals surface area contributed by atoms with Crippen molar-refractivity contribution in [2.75, 3.05) is 26.2 Å². The summed E-state index contributed by atoms with van der Waals surface area (Å²) in [6, 6.07) is 9.84. The molecule has 0 unspecified atom stereocenters. The number of aliphatic hydroxyl groups is 1. The second kappa shape index (κ2) is 6.58.